The van der Waals surface area contributed by atoms with Gasteiger partial charge in [-0.15, -0.1) is 22.7 Å². The summed E-state index contributed by atoms with van der Waals surface area (Å²) in [6, 6.07) is 3.98. The number of nitrogens with zero attached hydrogens (tertiary/aromatic N) is 1. The van der Waals surface area contributed by atoms with Crippen LogP contribution in [0.1, 0.15) is 41.0 Å². The second-order valence-corrected chi connectivity index (χ2v) is 10.2. The first-order chi connectivity index (χ1) is 15.2. The Morgan fingerprint density at radius 2 is 2.06 bits per heavy atom. The molecule has 4 heterocycles. The lowest BCUT2D eigenvalue weighted by Gasteiger charge is -2.13. The fraction of sp³-hybridized carbons (Fsp3) is 0.478. The van der Waals surface area contributed by atoms with Gasteiger partial charge in [0, 0.05) is 60.6 Å². The van der Waals surface area contributed by atoms with Crippen LogP contribution in [-0.2, 0) is 28.9 Å². The molecule has 0 unspecified atom stereocenters. The summed E-state index contributed by atoms with van der Waals surface area (Å²) in [5.74, 6) is 1.85. The Bertz CT molecular complexity index is 1060. The van der Waals surface area contributed by atoms with Crippen LogP contribution in [0.2, 0.25) is 0 Å². The molecule has 0 radical (unpaired) electrons. The van der Waals surface area contributed by atoms with E-state index in [0.29, 0.717) is 18.6 Å². The molecule has 1 aromatic carbocycles. The maximum absolute atomic E-state index is 12.8. The molecule has 31 heavy (non-hydrogen) atoms. The predicted octanol–water partition coefficient (Wildman–Crippen LogP) is 4.72. The lowest BCUT2D eigenvalue weighted by molar-refractivity contribution is -0.118. The van der Waals surface area contributed by atoms with Gasteiger partial charge in [0.1, 0.15) is 10.8 Å². The molecule has 0 saturated carbocycles. The van der Waals surface area contributed by atoms with Gasteiger partial charge in [-0.05, 0) is 31.4 Å². The molecule has 2 aromatic heterocycles. The summed E-state index contributed by atoms with van der Waals surface area (Å²) in [6.45, 7) is 2.87. The van der Waals surface area contributed by atoms with Crippen molar-refractivity contribution in [2.45, 2.75) is 45.1 Å². The number of methoxy groups -OCH3 is 1. The molecule has 0 amide bonds. The first-order valence-corrected chi connectivity index (χ1v) is 12.4. The van der Waals surface area contributed by atoms with Gasteiger partial charge < -0.3 is 19.5 Å². The third kappa shape index (κ3) is 4.35. The number of aromatic nitrogens is 1. The number of thiophene rings is 1. The number of nitrogens with one attached hydrogen (secondary N) is 1. The summed E-state index contributed by atoms with van der Waals surface area (Å²) in [6.07, 6.45) is 5.07. The number of fused-ring (bicyclic) bond motifs is 3. The van der Waals surface area contributed by atoms with Crippen molar-refractivity contribution in [1.29, 1.82) is 0 Å². The molecule has 5 rings (SSSR count). The molecule has 1 N–H and O–H groups in total. The molecule has 0 aliphatic carbocycles. The highest BCUT2D eigenvalue weighted by molar-refractivity contribution is 7.22. The Kier molecular flexibility index (Phi) is 6.22. The van der Waals surface area contributed by atoms with Crippen LogP contribution in [0.5, 0.6) is 11.5 Å². The smallest absolute Gasteiger partial charge is 0.231 e. The summed E-state index contributed by atoms with van der Waals surface area (Å²) in [7, 11) is 1.72. The van der Waals surface area contributed by atoms with Crippen molar-refractivity contribution in [3.05, 3.63) is 27.5 Å². The second kappa shape index (κ2) is 9.24. The van der Waals surface area contributed by atoms with E-state index >= 15 is 0 Å². The van der Waals surface area contributed by atoms with Crippen molar-refractivity contribution in [3.63, 3.8) is 0 Å². The van der Waals surface area contributed by atoms with E-state index in [9.17, 15) is 4.79 Å². The quantitative estimate of drug-likeness (QED) is 0.468. The molecular weight excluding hydrogens is 432 g/mol. The molecule has 0 atom stereocenters. The third-order valence-electron chi connectivity index (χ3n) is 5.76. The minimum absolute atomic E-state index is 0.266. The van der Waals surface area contributed by atoms with Gasteiger partial charge in [-0.25, -0.2) is 4.98 Å². The topological polar surface area (TPSA) is 69.7 Å². The van der Waals surface area contributed by atoms with E-state index in [1.807, 2.05) is 12.1 Å². The Labute approximate surface area is 189 Å². The van der Waals surface area contributed by atoms with Crippen molar-refractivity contribution in [3.8, 4) is 22.1 Å². The Morgan fingerprint density at radius 3 is 2.94 bits per heavy atom. The average molecular weight is 459 g/mol. The van der Waals surface area contributed by atoms with E-state index in [0.717, 1.165) is 77.0 Å². The van der Waals surface area contributed by atoms with Gasteiger partial charge in [-0.1, -0.05) is 6.42 Å². The number of ether oxygens (including phenoxy) is 3. The van der Waals surface area contributed by atoms with Gasteiger partial charge in [0.2, 0.25) is 6.79 Å². The largest absolute Gasteiger partial charge is 0.454 e. The van der Waals surface area contributed by atoms with Crippen LogP contribution in [0.4, 0.5) is 0 Å². The molecule has 0 bridgehead atoms. The number of Topliss-reactive ketones (excluding diaryl/α,β-unsaturated/α-hetero) is 1. The fourth-order valence-corrected chi connectivity index (χ4v) is 6.70. The van der Waals surface area contributed by atoms with E-state index in [1.165, 1.54) is 16.0 Å². The number of hydrogen-bond donors (Lipinski definition) is 1. The molecule has 6 nitrogen and oxygen atoms in total. The summed E-state index contributed by atoms with van der Waals surface area (Å²) in [4.78, 5) is 20.2. The van der Waals surface area contributed by atoms with Gasteiger partial charge in [0.15, 0.2) is 11.5 Å². The van der Waals surface area contributed by atoms with Crippen LogP contribution in [0, 0.1) is 0 Å². The maximum Gasteiger partial charge on any atom is 0.231 e. The molecule has 3 aromatic rings. The molecule has 0 fully saturated rings. The molecule has 164 valence electrons. The summed E-state index contributed by atoms with van der Waals surface area (Å²) >= 11 is 3.45. The molecule has 2 aliphatic heterocycles. The van der Waals surface area contributed by atoms with Crippen molar-refractivity contribution >= 4 is 38.7 Å². The number of unbranched alkanes of at least 4 members (excludes halogenated alkanes) is 2. The van der Waals surface area contributed by atoms with E-state index in [-0.39, 0.29) is 6.79 Å². The number of carbonyl (C=O) groups is 1. The first-order valence-electron chi connectivity index (χ1n) is 10.8. The molecule has 0 saturated heterocycles. The number of hydrogen-bond acceptors (Lipinski definition) is 8. The van der Waals surface area contributed by atoms with E-state index in [4.69, 9.17) is 19.2 Å². The monoisotopic (exact) mass is 458 g/mol. The van der Waals surface area contributed by atoms with Crippen LogP contribution >= 0.6 is 22.7 Å². The zero-order valence-electron chi connectivity index (χ0n) is 17.6. The number of ketones is 1. The Morgan fingerprint density at radius 1 is 1.19 bits per heavy atom. The number of thiazole rings is 1. The predicted molar refractivity (Wildman–Crippen MR) is 124 cm³/mol. The highest BCUT2D eigenvalue weighted by Crippen LogP contribution is 2.44. The Hall–Kier alpha value is -2.00. The van der Waals surface area contributed by atoms with Crippen LogP contribution < -0.4 is 14.8 Å². The minimum Gasteiger partial charge on any atom is -0.454 e. The third-order valence-corrected chi connectivity index (χ3v) is 8.03. The summed E-state index contributed by atoms with van der Waals surface area (Å²) in [5, 5.41) is 4.46. The minimum atomic E-state index is 0.266. The van der Waals surface area contributed by atoms with Crippen molar-refractivity contribution in [2.75, 3.05) is 27.1 Å². The summed E-state index contributed by atoms with van der Waals surface area (Å²) < 4.78 is 17.2. The van der Waals surface area contributed by atoms with Crippen molar-refractivity contribution in [1.82, 2.24) is 10.3 Å². The normalized spacial score (nSPS) is 14.9. The van der Waals surface area contributed by atoms with E-state index < -0.39 is 0 Å². The highest BCUT2D eigenvalue weighted by atomic mass is 32.1. The molecule has 0 spiro atoms. The number of rotatable bonds is 9. The second-order valence-electron chi connectivity index (χ2n) is 7.94. The van der Waals surface area contributed by atoms with Crippen LogP contribution in [-0.4, -0.2) is 37.8 Å². The highest BCUT2D eigenvalue weighted by Gasteiger charge is 2.26. The van der Waals surface area contributed by atoms with Crippen molar-refractivity contribution < 1.29 is 19.0 Å². The van der Waals surface area contributed by atoms with Crippen LogP contribution in [0.25, 0.3) is 20.8 Å². The average Bonchev–Trinajstić information content (AvgIpc) is 3.47. The zero-order valence-corrected chi connectivity index (χ0v) is 19.3. The van der Waals surface area contributed by atoms with Gasteiger partial charge in [-0.2, -0.15) is 0 Å². The SMILES string of the molecule is COCCCCCC(=O)Cc1sc2c(c1-c1nc3cc4c(cc3s1)OCO4)CCNC2. The number of benzene rings is 1. The standard InChI is InChI=1S/C23H26N2O4S2/c1-27-8-4-2-3-5-14(26)9-20-22(15-6-7-24-12-21(15)30-20)23-25-16-10-17-18(29-13-28-17)11-19(16)31-23/h10-11,24H,2-9,12-13H2,1H3. The fourth-order valence-electron chi connectivity index (χ4n) is 4.20. The first kappa shape index (κ1) is 20.9. The van der Waals surface area contributed by atoms with Crippen molar-refractivity contribution in [2.24, 2.45) is 0 Å². The van der Waals surface area contributed by atoms with E-state index in [2.05, 4.69) is 5.32 Å². The summed E-state index contributed by atoms with van der Waals surface area (Å²) in [5.41, 5.74) is 3.48. The Balaban J connectivity index is 1.42. The lowest BCUT2D eigenvalue weighted by atomic mass is 10.00. The van der Waals surface area contributed by atoms with Gasteiger partial charge >= 0.3 is 0 Å². The van der Waals surface area contributed by atoms with Gasteiger partial charge in [0.25, 0.3) is 0 Å². The lowest BCUT2D eigenvalue weighted by Crippen LogP contribution is -2.22. The molecular formula is C23H26N2O4S2. The van der Waals surface area contributed by atoms with Gasteiger partial charge in [-0.3, -0.25) is 4.79 Å². The van der Waals surface area contributed by atoms with Crippen LogP contribution in [0.15, 0.2) is 12.1 Å². The van der Waals surface area contributed by atoms with Crippen LogP contribution in [0.3, 0.4) is 0 Å². The number of carbonyl (C=O) groups excluding carboxylic acids is 1. The molecule has 8 heteroatoms. The molecule has 2 aliphatic rings. The van der Waals surface area contributed by atoms with Gasteiger partial charge in [0.05, 0.1) is 10.2 Å². The van der Waals surface area contributed by atoms with E-state index in [1.54, 1.807) is 29.8 Å². The maximum atomic E-state index is 12.8. The zero-order chi connectivity index (χ0) is 21.2.